The van der Waals surface area contributed by atoms with Gasteiger partial charge in [-0.1, -0.05) is 23.4 Å². The van der Waals surface area contributed by atoms with Gasteiger partial charge in [0.2, 0.25) is 5.76 Å². The molecule has 1 aromatic heterocycles. The minimum atomic E-state index is -1.27. The van der Waals surface area contributed by atoms with Crippen molar-refractivity contribution < 1.29 is 24.0 Å². The van der Waals surface area contributed by atoms with Crippen LogP contribution in [0.4, 0.5) is 0 Å². The van der Waals surface area contributed by atoms with Crippen LogP contribution < -0.4 is 10.1 Å². The average Bonchev–Trinajstić information content (AvgIpc) is 2.98. The Balaban J connectivity index is 1.90. The standard InChI is InChI=1S/C14H14N2O5/c1-20-11-5-3-2-4-9(11)6-7-15-13(17)10-8-12(14(18)19)21-16-10/h2-5,8H,6-7H2,1H3,(H,15,17)(H,18,19). The molecule has 7 nitrogen and oxygen atoms in total. The molecule has 2 rings (SSSR count). The monoisotopic (exact) mass is 290 g/mol. The molecule has 0 aliphatic heterocycles. The third-order valence-corrected chi connectivity index (χ3v) is 2.83. The fourth-order valence-electron chi connectivity index (χ4n) is 1.79. The molecule has 0 aliphatic carbocycles. The molecule has 7 heteroatoms. The Hall–Kier alpha value is -2.83. The van der Waals surface area contributed by atoms with Gasteiger partial charge in [0.15, 0.2) is 5.69 Å². The second-order valence-corrected chi connectivity index (χ2v) is 4.20. The van der Waals surface area contributed by atoms with E-state index in [-0.39, 0.29) is 11.5 Å². The molecule has 0 saturated carbocycles. The van der Waals surface area contributed by atoms with Crippen molar-refractivity contribution in [3.63, 3.8) is 0 Å². The Labute approximate surface area is 120 Å². The summed E-state index contributed by atoms with van der Waals surface area (Å²) in [6.07, 6.45) is 0.583. The van der Waals surface area contributed by atoms with Gasteiger partial charge in [0, 0.05) is 12.6 Å². The summed E-state index contributed by atoms with van der Waals surface area (Å²) >= 11 is 0. The molecular formula is C14H14N2O5. The van der Waals surface area contributed by atoms with Crippen molar-refractivity contribution in [1.82, 2.24) is 10.5 Å². The van der Waals surface area contributed by atoms with Crippen LogP contribution >= 0.6 is 0 Å². The summed E-state index contributed by atoms with van der Waals surface area (Å²) in [6.45, 7) is 0.370. The van der Waals surface area contributed by atoms with Crippen LogP contribution in [0.25, 0.3) is 0 Å². The summed E-state index contributed by atoms with van der Waals surface area (Å²) in [5, 5.41) is 14.7. The molecule has 2 aromatic rings. The van der Waals surface area contributed by atoms with Gasteiger partial charge in [-0.3, -0.25) is 4.79 Å². The number of amides is 1. The summed E-state index contributed by atoms with van der Waals surface area (Å²) in [4.78, 5) is 22.4. The highest BCUT2D eigenvalue weighted by atomic mass is 16.5. The smallest absolute Gasteiger partial charge is 0.374 e. The molecule has 0 fully saturated rings. The number of hydrogen-bond acceptors (Lipinski definition) is 5. The summed E-state index contributed by atoms with van der Waals surface area (Å²) in [5.41, 5.74) is 0.902. The maximum absolute atomic E-state index is 11.8. The first-order valence-electron chi connectivity index (χ1n) is 6.22. The maximum Gasteiger partial charge on any atom is 0.374 e. The van der Waals surface area contributed by atoms with E-state index in [4.69, 9.17) is 9.84 Å². The fourth-order valence-corrected chi connectivity index (χ4v) is 1.79. The number of carbonyl (C=O) groups is 2. The Morgan fingerprint density at radius 1 is 1.38 bits per heavy atom. The largest absolute Gasteiger partial charge is 0.496 e. The summed E-state index contributed by atoms with van der Waals surface area (Å²) in [7, 11) is 1.58. The number of rotatable bonds is 6. The third kappa shape index (κ3) is 3.59. The Kier molecular flexibility index (Phi) is 4.55. The summed E-state index contributed by atoms with van der Waals surface area (Å²) in [5.74, 6) is -1.37. The number of carbonyl (C=O) groups excluding carboxylic acids is 1. The highest BCUT2D eigenvalue weighted by molar-refractivity contribution is 5.94. The van der Waals surface area contributed by atoms with Crippen molar-refractivity contribution >= 4 is 11.9 Å². The topological polar surface area (TPSA) is 102 Å². The van der Waals surface area contributed by atoms with Crippen LogP contribution in [0.5, 0.6) is 5.75 Å². The molecule has 0 saturated heterocycles. The van der Waals surface area contributed by atoms with Gasteiger partial charge in [-0.05, 0) is 18.1 Å². The number of carboxylic acid groups (broad SMARTS) is 1. The molecule has 1 heterocycles. The average molecular weight is 290 g/mol. The van der Waals surface area contributed by atoms with Crippen LogP contribution in [0.15, 0.2) is 34.9 Å². The fraction of sp³-hybridized carbons (Fsp3) is 0.214. The first kappa shape index (κ1) is 14.6. The third-order valence-electron chi connectivity index (χ3n) is 2.83. The second-order valence-electron chi connectivity index (χ2n) is 4.20. The van der Waals surface area contributed by atoms with Gasteiger partial charge in [-0.25, -0.2) is 4.79 Å². The van der Waals surface area contributed by atoms with Crippen LogP contribution in [-0.2, 0) is 6.42 Å². The van der Waals surface area contributed by atoms with Crippen LogP contribution in [0.3, 0.4) is 0 Å². The van der Waals surface area contributed by atoms with Crippen molar-refractivity contribution in [2.45, 2.75) is 6.42 Å². The van der Waals surface area contributed by atoms with E-state index in [0.717, 1.165) is 17.4 Å². The first-order chi connectivity index (χ1) is 10.1. The zero-order chi connectivity index (χ0) is 15.2. The van der Waals surface area contributed by atoms with Crippen LogP contribution in [-0.4, -0.2) is 35.8 Å². The molecule has 0 aliphatic rings. The predicted octanol–water partition coefficient (Wildman–Crippen LogP) is 1.35. The Morgan fingerprint density at radius 3 is 2.81 bits per heavy atom. The quantitative estimate of drug-likeness (QED) is 0.832. The Bertz CT molecular complexity index is 650. The Morgan fingerprint density at radius 2 is 2.14 bits per heavy atom. The number of benzene rings is 1. The second kappa shape index (κ2) is 6.56. The van der Waals surface area contributed by atoms with E-state index < -0.39 is 11.9 Å². The lowest BCUT2D eigenvalue weighted by atomic mass is 10.1. The van der Waals surface area contributed by atoms with E-state index in [1.165, 1.54) is 0 Å². The lowest BCUT2D eigenvalue weighted by Crippen LogP contribution is -2.26. The number of aromatic nitrogens is 1. The van der Waals surface area contributed by atoms with Crippen molar-refractivity contribution in [2.24, 2.45) is 0 Å². The van der Waals surface area contributed by atoms with Gasteiger partial charge >= 0.3 is 5.97 Å². The van der Waals surface area contributed by atoms with E-state index in [9.17, 15) is 9.59 Å². The molecule has 1 aromatic carbocycles. The van der Waals surface area contributed by atoms with E-state index in [2.05, 4.69) is 15.0 Å². The molecule has 2 N–H and O–H groups in total. The number of ether oxygens (including phenoxy) is 1. The molecular weight excluding hydrogens is 276 g/mol. The molecule has 0 unspecified atom stereocenters. The van der Waals surface area contributed by atoms with Gasteiger partial charge in [0.1, 0.15) is 5.75 Å². The normalized spacial score (nSPS) is 10.1. The lowest BCUT2D eigenvalue weighted by molar-refractivity contribution is 0.0651. The van der Waals surface area contributed by atoms with E-state index in [0.29, 0.717) is 13.0 Å². The lowest BCUT2D eigenvalue weighted by Gasteiger charge is -2.08. The van der Waals surface area contributed by atoms with Gasteiger partial charge in [0.25, 0.3) is 5.91 Å². The van der Waals surface area contributed by atoms with Crippen molar-refractivity contribution in [3.8, 4) is 5.75 Å². The summed E-state index contributed by atoms with van der Waals surface area (Å²) < 4.78 is 9.73. The van der Waals surface area contributed by atoms with Gasteiger partial charge in [0.05, 0.1) is 7.11 Å². The van der Waals surface area contributed by atoms with Crippen molar-refractivity contribution in [3.05, 3.63) is 47.3 Å². The van der Waals surface area contributed by atoms with Gasteiger partial charge < -0.3 is 19.7 Å². The highest BCUT2D eigenvalue weighted by Crippen LogP contribution is 2.17. The molecule has 0 spiro atoms. The highest BCUT2D eigenvalue weighted by Gasteiger charge is 2.16. The number of nitrogens with one attached hydrogen (secondary N) is 1. The van der Waals surface area contributed by atoms with Crippen LogP contribution in [0.2, 0.25) is 0 Å². The summed E-state index contributed by atoms with van der Waals surface area (Å²) in [6, 6.07) is 8.58. The number of carboxylic acids is 1. The predicted molar refractivity (Wildman–Crippen MR) is 72.5 cm³/mol. The maximum atomic E-state index is 11.8. The van der Waals surface area contributed by atoms with E-state index in [1.54, 1.807) is 7.11 Å². The number of para-hydroxylation sites is 1. The zero-order valence-electron chi connectivity index (χ0n) is 11.3. The SMILES string of the molecule is COc1ccccc1CCNC(=O)c1cc(C(=O)O)on1. The van der Waals surface area contributed by atoms with Crippen molar-refractivity contribution in [2.75, 3.05) is 13.7 Å². The molecule has 110 valence electrons. The molecule has 0 atom stereocenters. The molecule has 21 heavy (non-hydrogen) atoms. The molecule has 1 amide bonds. The number of nitrogens with zero attached hydrogens (tertiary/aromatic N) is 1. The van der Waals surface area contributed by atoms with Gasteiger partial charge in [-0.15, -0.1) is 0 Å². The minimum absolute atomic E-state index is 0.0626. The molecule has 0 bridgehead atoms. The van der Waals surface area contributed by atoms with E-state index >= 15 is 0 Å². The number of aromatic carboxylic acids is 1. The number of methoxy groups -OCH3 is 1. The number of hydrogen-bond donors (Lipinski definition) is 2. The zero-order valence-corrected chi connectivity index (χ0v) is 11.3. The van der Waals surface area contributed by atoms with Crippen LogP contribution in [0.1, 0.15) is 26.6 Å². The van der Waals surface area contributed by atoms with E-state index in [1.807, 2.05) is 24.3 Å². The molecule has 0 radical (unpaired) electrons. The van der Waals surface area contributed by atoms with Crippen molar-refractivity contribution in [1.29, 1.82) is 0 Å². The van der Waals surface area contributed by atoms with Gasteiger partial charge in [-0.2, -0.15) is 0 Å². The minimum Gasteiger partial charge on any atom is -0.496 e. The van der Waals surface area contributed by atoms with Crippen LogP contribution in [0, 0.1) is 0 Å². The first-order valence-corrected chi connectivity index (χ1v) is 6.22.